The second kappa shape index (κ2) is 7.51. The summed E-state index contributed by atoms with van der Waals surface area (Å²) in [6, 6.07) is 9.91. The zero-order valence-corrected chi connectivity index (χ0v) is 12.4. The van der Waals surface area contributed by atoms with E-state index in [0.29, 0.717) is 5.56 Å². The van der Waals surface area contributed by atoms with Crippen LogP contribution in [0.4, 0.5) is 4.39 Å². The van der Waals surface area contributed by atoms with Crippen molar-refractivity contribution in [3.05, 3.63) is 65.0 Å². The number of carbonyl (C=O) groups is 2. The van der Waals surface area contributed by atoms with Crippen LogP contribution < -0.4 is 4.74 Å². The molecule has 5 nitrogen and oxygen atoms in total. The average molecular weight is 318 g/mol. The molecule has 2 aromatic carbocycles. The molecule has 0 spiro atoms. The third kappa shape index (κ3) is 4.14. The Bertz CT molecular complexity index is 709. The maximum absolute atomic E-state index is 13.5. The van der Waals surface area contributed by atoms with E-state index in [-0.39, 0.29) is 23.5 Å². The van der Waals surface area contributed by atoms with Gasteiger partial charge in [-0.3, -0.25) is 4.79 Å². The van der Waals surface area contributed by atoms with Gasteiger partial charge in [-0.25, -0.2) is 9.18 Å². The summed E-state index contributed by atoms with van der Waals surface area (Å²) in [5.41, 5.74) is 1.01. The number of carbonyl (C=O) groups excluding carboxylic acids is 2. The molecular weight excluding hydrogens is 303 g/mol. The number of rotatable bonds is 6. The number of methoxy groups -OCH3 is 1. The normalized spacial score (nSPS) is 10.2. The Kier molecular flexibility index (Phi) is 5.43. The third-order valence-electron chi connectivity index (χ3n) is 3.18. The van der Waals surface area contributed by atoms with Gasteiger partial charge in [0.1, 0.15) is 0 Å². The molecule has 120 valence electrons. The summed E-state index contributed by atoms with van der Waals surface area (Å²) in [5, 5.41) is 8.93. The summed E-state index contributed by atoms with van der Waals surface area (Å²) in [5.74, 6) is -1.82. The van der Waals surface area contributed by atoms with Gasteiger partial charge in [0.05, 0.1) is 19.3 Å². The van der Waals surface area contributed by atoms with Crippen LogP contribution >= 0.6 is 0 Å². The first-order valence-corrected chi connectivity index (χ1v) is 6.79. The van der Waals surface area contributed by atoms with Crippen molar-refractivity contribution in [2.45, 2.75) is 6.61 Å². The smallest absolute Gasteiger partial charge is 0.338 e. The molecule has 23 heavy (non-hydrogen) atoms. The minimum absolute atomic E-state index is 0.0301. The lowest BCUT2D eigenvalue weighted by Gasteiger charge is -2.06. The van der Waals surface area contributed by atoms with Crippen molar-refractivity contribution in [3.63, 3.8) is 0 Å². The largest absolute Gasteiger partial charge is 0.494 e. The maximum atomic E-state index is 13.5. The van der Waals surface area contributed by atoms with Gasteiger partial charge in [-0.1, -0.05) is 12.1 Å². The lowest BCUT2D eigenvalue weighted by Crippen LogP contribution is -2.14. The van der Waals surface area contributed by atoms with Gasteiger partial charge in [0.2, 0.25) is 0 Å². The minimum Gasteiger partial charge on any atom is -0.494 e. The van der Waals surface area contributed by atoms with Crippen LogP contribution in [0.5, 0.6) is 5.75 Å². The molecule has 0 atom stereocenters. The van der Waals surface area contributed by atoms with Crippen LogP contribution in [0.25, 0.3) is 0 Å². The first-order chi connectivity index (χ1) is 11.0. The fraction of sp³-hybridized carbons (Fsp3) is 0.176. The summed E-state index contributed by atoms with van der Waals surface area (Å²) < 4.78 is 23.2. The van der Waals surface area contributed by atoms with Gasteiger partial charge in [-0.2, -0.15) is 0 Å². The Morgan fingerprint density at radius 1 is 1.09 bits per heavy atom. The standard InChI is InChI=1S/C17H15FO5/c1-22-16-7-6-13(8-14(16)18)15(20)10-23-17(21)12-4-2-11(9-19)3-5-12/h2-8,19H,9-10H2,1H3. The highest BCUT2D eigenvalue weighted by Crippen LogP contribution is 2.18. The first kappa shape index (κ1) is 16.6. The quantitative estimate of drug-likeness (QED) is 0.654. The van der Waals surface area contributed by atoms with E-state index in [0.717, 1.165) is 6.07 Å². The summed E-state index contributed by atoms with van der Waals surface area (Å²) in [4.78, 5) is 23.7. The molecule has 0 aliphatic heterocycles. The number of halogens is 1. The number of ether oxygens (including phenoxy) is 2. The van der Waals surface area contributed by atoms with Crippen molar-refractivity contribution < 1.29 is 28.6 Å². The highest BCUT2D eigenvalue weighted by atomic mass is 19.1. The predicted molar refractivity (Wildman–Crippen MR) is 79.9 cm³/mol. The van der Waals surface area contributed by atoms with E-state index < -0.39 is 24.2 Å². The fourth-order valence-electron chi connectivity index (χ4n) is 1.88. The molecule has 2 aromatic rings. The lowest BCUT2D eigenvalue weighted by atomic mass is 10.1. The van der Waals surface area contributed by atoms with Crippen LogP contribution in [0, 0.1) is 5.82 Å². The Hall–Kier alpha value is -2.73. The van der Waals surface area contributed by atoms with Crippen LogP contribution in [-0.4, -0.2) is 30.6 Å². The molecule has 0 aliphatic rings. The summed E-state index contributed by atoms with van der Waals surface area (Å²) in [6.45, 7) is -0.622. The molecule has 0 amide bonds. The summed E-state index contributed by atoms with van der Waals surface area (Å²) >= 11 is 0. The molecule has 0 bridgehead atoms. The van der Waals surface area contributed by atoms with E-state index in [4.69, 9.17) is 14.6 Å². The van der Waals surface area contributed by atoms with Gasteiger partial charge in [-0.15, -0.1) is 0 Å². The van der Waals surface area contributed by atoms with Crippen molar-refractivity contribution in [1.29, 1.82) is 0 Å². The fourth-order valence-corrected chi connectivity index (χ4v) is 1.88. The molecule has 0 saturated carbocycles. The van der Waals surface area contributed by atoms with E-state index in [9.17, 15) is 14.0 Å². The number of aliphatic hydroxyl groups excluding tert-OH is 1. The molecule has 0 aliphatic carbocycles. The average Bonchev–Trinajstić information content (AvgIpc) is 2.59. The second-order valence-electron chi connectivity index (χ2n) is 4.70. The van der Waals surface area contributed by atoms with Crippen molar-refractivity contribution >= 4 is 11.8 Å². The van der Waals surface area contributed by atoms with Crippen molar-refractivity contribution in [2.24, 2.45) is 0 Å². The van der Waals surface area contributed by atoms with Crippen LogP contribution in [0.2, 0.25) is 0 Å². The number of ketones is 1. The van der Waals surface area contributed by atoms with Gasteiger partial charge in [0, 0.05) is 5.56 Å². The zero-order chi connectivity index (χ0) is 16.8. The summed E-state index contributed by atoms with van der Waals surface area (Å²) in [6.07, 6.45) is 0. The summed E-state index contributed by atoms with van der Waals surface area (Å²) in [7, 11) is 1.32. The minimum atomic E-state index is -0.670. The number of esters is 1. The Balaban J connectivity index is 1.97. The Morgan fingerprint density at radius 3 is 2.30 bits per heavy atom. The lowest BCUT2D eigenvalue weighted by molar-refractivity contribution is 0.0474. The molecule has 0 aromatic heterocycles. The van der Waals surface area contributed by atoms with Gasteiger partial charge >= 0.3 is 5.97 Å². The van der Waals surface area contributed by atoms with Crippen molar-refractivity contribution in [2.75, 3.05) is 13.7 Å². The van der Waals surface area contributed by atoms with Crippen LogP contribution in [0.1, 0.15) is 26.3 Å². The predicted octanol–water partition coefficient (Wildman–Crippen LogP) is 2.37. The van der Waals surface area contributed by atoms with E-state index >= 15 is 0 Å². The van der Waals surface area contributed by atoms with Gasteiger partial charge in [0.15, 0.2) is 24.0 Å². The van der Waals surface area contributed by atoms with Crippen molar-refractivity contribution in [3.8, 4) is 5.75 Å². The number of hydrogen-bond acceptors (Lipinski definition) is 5. The highest BCUT2D eigenvalue weighted by molar-refractivity contribution is 5.99. The van der Waals surface area contributed by atoms with Crippen LogP contribution in [-0.2, 0) is 11.3 Å². The molecule has 0 radical (unpaired) electrons. The van der Waals surface area contributed by atoms with E-state index in [1.807, 2.05) is 0 Å². The molecule has 1 N–H and O–H groups in total. The molecule has 2 rings (SSSR count). The number of hydrogen-bond donors (Lipinski definition) is 1. The Labute approximate surface area is 132 Å². The molecule has 0 saturated heterocycles. The molecular formula is C17H15FO5. The number of aliphatic hydroxyl groups is 1. The van der Waals surface area contributed by atoms with Gasteiger partial charge < -0.3 is 14.6 Å². The highest BCUT2D eigenvalue weighted by Gasteiger charge is 2.14. The van der Waals surface area contributed by atoms with Crippen LogP contribution in [0.3, 0.4) is 0 Å². The topological polar surface area (TPSA) is 72.8 Å². The Morgan fingerprint density at radius 2 is 1.74 bits per heavy atom. The molecule has 0 heterocycles. The van der Waals surface area contributed by atoms with Crippen LogP contribution in [0.15, 0.2) is 42.5 Å². The van der Waals surface area contributed by atoms with E-state index in [1.165, 1.54) is 31.4 Å². The molecule has 0 unspecified atom stereocenters. The van der Waals surface area contributed by atoms with E-state index in [2.05, 4.69) is 0 Å². The van der Waals surface area contributed by atoms with E-state index in [1.54, 1.807) is 12.1 Å². The van der Waals surface area contributed by atoms with Gasteiger partial charge in [0.25, 0.3) is 0 Å². The maximum Gasteiger partial charge on any atom is 0.338 e. The SMILES string of the molecule is COc1ccc(C(=O)COC(=O)c2ccc(CO)cc2)cc1F. The number of benzene rings is 2. The van der Waals surface area contributed by atoms with Gasteiger partial charge in [-0.05, 0) is 35.9 Å². The first-order valence-electron chi connectivity index (χ1n) is 6.79. The molecule has 0 fully saturated rings. The third-order valence-corrected chi connectivity index (χ3v) is 3.18. The number of Topliss-reactive ketones (excluding diaryl/α,β-unsaturated/α-hetero) is 1. The monoisotopic (exact) mass is 318 g/mol. The zero-order valence-electron chi connectivity index (χ0n) is 12.4. The second-order valence-corrected chi connectivity index (χ2v) is 4.70. The van der Waals surface area contributed by atoms with Crippen molar-refractivity contribution in [1.82, 2.24) is 0 Å². The molecule has 6 heteroatoms.